The Kier molecular flexibility index (Phi) is 54.2. The second-order valence-corrected chi connectivity index (χ2v) is 38.4. The Morgan fingerprint density at radius 1 is 0.293 bits per heavy atom. The van der Waals surface area contributed by atoms with E-state index in [1.54, 1.807) is 121 Å². The third kappa shape index (κ3) is 41.8. The van der Waals surface area contributed by atoms with Crippen LogP contribution in [0.25, 0.3) is 32.7 Å². The van der Waals surface area contributed by atoms with Crippen LogP contribution in [0.2, 0.25) is 0 Å². The van der Waals surface area contributed by atoms with Gasteiger partial charge >= 0.3 is 0 Å². The number of aromatic amines is 3. The lowest BCUT2D eigenvalue weighted by Crippen LogP contribution is -2.61. The molecule has 15 atom stereocenters. The molecule has 6 aromatic rings. The van der Waals surface area contributed by atoms with Crippen LogP contribution in [-0.2, 0) is 91.2 Å². The number of fused-ring (bicyclic) bond motifs is 3. The van der Waals surface area contributed by atoms with Crippen molar-refractivity contribution < 1.29 is 77.0 Å². The number of amides is 15. The number of carbonyl (C=O) groups excluding carboxylic acids is 15. The van der Waals surface area contributed by atoms with Crippen LogP contribution in [0.4, 0.5) is 0 Å². The van der Waals surface area contributed by atoms with E-state index >= 15 is 38.4 Å². The highest BCUT2D eigenvalue weighted by Crippen LogP contribution is 2.25. The van der Waals surface area contributed by atoms with Crippen molar-refractivity contribution in [3.63, 3.8) is 0 Å². The average molecular weight is 2060 g/mol. The molecule has 0 aliphatic rings. The number of unbranched alkanes of at least 4 members (excludes halogenated alkanes) is 6. The predicted octanol–water partition coefficient (Wildman–Crippen LogP) is -2.59. The Morgan fingerprint density at radius 2 is 0.517 bits per heavy atom. The number of hydrogen-bond donors (Lipinski definition) is 32. The molecule has 0 fully saturated rings. The summed E-state index contributed by atoms with van der Waals surface area (Å²) in [5.41, 5.74) is 62.5. The highest BCUT2D eigenvalue weighted by Gasteiger charge is 2.40. The molecule has 0 saturated carbocycles. The molecule has 6 rings (SSSR count). The van der Waals surface area contributed by atoms with Crippen LogP contribution < -0.4 is 142 Å². The highest BCUT2D eigenvalue weighted by molar-refractivity contribution is 6.02. The van der Waals surface area contributed by atoms with E-state index in [4.69, 9.17) is 68.2 Å². The number of guanidine groups is 2. The number of primary amides is 1. The zero-order chi connectivity index (χ0) is 108. The fourth-order valence-corrected chi connectivity index (χ4v) is 16.9. The van der Waals surface area contributed by atoms with Crippen LogP contribution in [0.5, 0.6) is 0 Å². The number of H-pyrrole nitrogens is 3. The molecule has 3 heterocycles. The standard InChI is InChI=1S/C100H163N31O16/c1-57(2)49-77(93(142)122-69(33-13-19-41-101)85(134)120-73(37-17-23-45-105)92(141)130-81(56-132)97(146)131-83(59(5)6)84(108)133)126-89(138)71(35-15-21-43-103)119-88(137)75(39-25-47-113-99(109)110)124-95(144)79(51-61-54-116-67-31-11-8-28-64(61)67)129-96(145)80(52-62-55-117-68-32-12-9-29-65(62)68)128-90(139)72(36-16-22-44-104)118-86(135)70(34-14-20-42-102)123-94(143)78(50-60-53-115-66-30-10-7-27-63(60)66)127-91(140)76(40-26-48-114-100(111)112)121-87(136)74(38-18-24-46-106)125-98(147)82(107)58(3)4/h7-12,27-32,53-55,57-59,69-83,115-117,132H,13-26,33-52,56,101-107H2,1-6H3,(H2,108,133)(H,118,135)(H,119,137)(H,120,134)(H,121,136)(H,122,142)(H,123,143)(H,124,144)(H,125,147)(H,126,138)(H,127,140)(H,128,139)(H,129,145)(H,130,141)(H,131,146)(H4,109,110,113)(H4,111,112,114)/t69-,70-,71-,72-,73-,74-,75-,76-,77-,78-,79-,80-,81-,82-,83-/m0/s1. The molecule has 0 aliphatic carbocycles. The maximum atomic E-state index is 16.0. The minimum atomic E-state index is -1.62. The Hall–Kier alpha value is -13.4. The van der Waals surface area contributed by atoms with Crippen LogP contribution in [-0.4, -0.2) is 270 Å². The first-order valence-corrected chi connectivity index (χ1v) is 51.2. The van der Waals surface area contributed by atoms with Gasteiger partial charge in [0, 0.05) is 83.7 Å². The van der Waals surface area contributed by atoms with Gasteiger partial charge in [0.15, 0.2) is 11.9 Å². The lowest BCUT2D eigenvalue weighted by Gasteiger charge is -2.29. The molecule has 3 aromatic heterocycles. The van der Waals surface area contributed by atoms with Gasteiger partial charge in [-0.1, -0.05) is 96.1 Å². The number of carbonyl (C=O) groups is 15. The first-order chi connectivity index (χ1) is 70.3. The largest absolute Gasteiger partial charge is 0.394 e. The number of nitrogens with one attached hydrogen (secondary N) is 21. The van der Waals surface area contributed by atoms with Crippen molar-refractivity contribution in [1.29, 1.82) is 10.8 Å². The fraction of sp³-hybridized carbons (Fsp3) is 0.590. The van der Waals surface area contributed by atoms with Crippen molar-refractivity contribution in [2.45, 2.75) is 299 Å². The first-order valence-electron chi connectivity index (χ1n) is 51.2. The summed E-state index contributed by atoms with van der Waals surface area (Å²) in [6.45, 7) is 10.7. The molecule has 47 nitrogen and oxygen atoms in total. The molecule has 0 unspecified atom stereocenters. The number of rotatable bonds is 72. The van der Waals surface area contributed by atoms with Gasteiger partial charge in [0.2, 0.25) is 88.6 Å². The van der Waals surface area contributed by atoms with Gasteiger partial charge in [-0.3, -0.25) is 82.7 Å². The van der Waals surface area contributed by atoms with E-state index in [1.807, 2.05) is 12.1 Å². The van der Waals surface area contributed by atoms with Crippen LogP contribution in [0.3, 0.4) is 0 Å². The molecule has 3 aromatic carbocycles. The van der Waals surface area contributed by atoms with Gasteiger partial charge in [0.05, 0.1) is 12.6 Å². The van der Waals surface area contributed by atoms with Gasteiger partial charge < -0.3 is 162 Å². The summed E-state index contributed by atoms with van der Waals surface area (Å²) < 4.78 is 0. The van der Waals surface area contributed by atoms with E-state index in [1.165, 1.54) is 0 Å². The maximum Gasteiger partial charge on any atom is 0.245 e. The lowest BCUT2D eigenvalue weighted by molar-refractivity contribution is -0.136. The summed E-state index contributed by atoms with van der Waals surface area (Å²) >= 11 is 0. The number of aliphatic hydroxyl groups excluding tert-OH is 1. The smallest absolute Gasteiger partial charge is 0.245 e. The first kappa shape index (κ1) is 122. The number of aromatic nitrogens is 3. The van der Waals surface area contributed by atoms with Crippen LogP contribution >= 0.6 is 0 Å². The molecule has 0 saturated heterocycles. The van der Waals surface area contributed by atoms with Gasteiger partial charge in [0.1, 0.15) is 84.6 Å². The van der Waals surface area contributed by atoms with Gasteiger partial charge in [-0.15, -0.1) is 0 Å². The molecule has 814 valence electrons. The molecule has 42 N–H and O–H groups in total. The third-order valence-electron chi connectivity index (χ3n) is 25.4. The molecular formula is C100H163N31O16. The summed E-state index contributed by atoms with van der Waals surface area (Å²) in [5, 5.41) is 72.2. The Labute approximate surface area is 858 Å². The highest BCUT2D eigenvalue weighted by atomic mass is 16.3. The minimum Gasteiger partial charge on any atom is -0.394 e. The summed E-state index contributed by atoms with van der Waals surface area (Å²) in [5.74, 6) is -14.6. The van der Waals surface area contributed by atoms with E-state index in [-0.39, 0.29) is 186 Å². The van der Waals surface area contributed by atoms with E-state index in [0.717, 1.165) is 0 Å². The van der Waals surface area contributed by atoms with Crippen LogP contribution in [0, 0.1) is 28.6 Å². The van der Waals surface area contributed by atoms with Gasteiger partial charge in [-0.05, 0) is 240 Å². The van der Waals surface area contributed by atoms with Crippen molar-refractivity contribution in [3.05, 3.63) is 108 Å². The van der Waals surface area contributed by atoms with Crippen LogP contribution in [0.15, 0.2) is 91.4 Å². The average Bonchev–Trinajstić information content (AvgIpc) is 1.70. The van der Waals surface area contributed by atoms with Gasteiger partial charge in [-0.25, -0.2) is 0 Å². The van der Waals surface area contributed by atoms with E-state index in [0.29, 0.717) is 101 Å². The SMILES string of the molecule is CC(C)C[C@H](NC(=O)[C@H](CCCCN)NC(=O)[C@H](CCCNC(=N)N)NC(=O)[C@H](Cc1c[nH]c2ccccc12)NC(=O)[C@H](Cc1c[nH]c2ccccc12)NC(=O)[C@H](CCCCN)NC(=O)[C@H](CCCCN)NC(=O)[C@H](Cc1c[nH]c2ccccc12)NC(=O)[C@H](CCCNC(=N)N)NC(=O)[C@H](CCCCN)NC(=O)[C@@H](N)C(C)C)C(=O)N[C@@H](CCCCN)C(=O)N[C@@H](CCCCN)C(=O)N[C@@H](CO)C(=O)N[C@H](C(N)=O)C(C)C. The quantitative estimate of drug-likeness (QED) is 0.0106. The molecule has 0 bridgehead atoms. The number of para-hydroxylation sites is 3. The predicted molar refractivity (Wildman–Crippen MR) is 562 cm³/mol. The van der Waals surface area contributed by atoms with Crippen molar-refractivity contribution >= 4 is 133 Å². The summed E-state index contributed by atoms with van der Waals surface area (Å²) in [4.78, 5) is 231. The number of nitrogens with two attached hydrogens (primary N) is 10. The van der Waals surface area contributed by atoms with E-state index in [9.17, 15) is 38.7 Å². The summed E-state index contributed by atoms with van der Waals surface area (Å²) in [7, 11) is 0. The molecule has 147 heavy (non-hydrogen) atoms. The zero-order valence-corrected chi connectivity index (χ0v) is 85.6. The van der Waals surface area contributed by atoms with Crippen molar-refractivity contribution in [2.75, 3.05) is 59.0 Å². The third-order valence-corrected chi connectivity index (χ3v) is 25.4. The van der Waals surface area contributed by atoms with Crippen molar-refractivity contribution in [2.24, 2.45) is 75.1 Å². The molecule has 0 spiro atoms. The van der Waals surface area contributed by atoms with E-state index in [2.05, 4.69) is 100 Å². The molecule has 0 aliphatic heterocycles. The minimum absolute atomic E-state index is 0.00232. The second kappa shape index (κ2) is 65.2. The maximum absolute atomic E-state index is 16.0. The fourth-order valence-electron chi connectivity index (χ4n) is 16.9. The monoisotopic (exact) mass is 2050 g/mol. The zero-order valence-electron chi connectivity index (χ0n) is 85.6. The van der Waals surface area contributed by atoms with Crippen LogP contribution in [0.1, 0.15) is 206 Å². The van der Waals surface area contributed by atoms with Crippen molar-refractivity contribution in [3.8, 4) is 0 Å². The van der Waals surface area contributed by atoms with Gasteiger partial charge in [0.25, 0.3) is 0 Å². The lowest BCUT2D eigenvalue weighted by atomic mass is 9.99. The molecule has 47 heteroatoms. The number of benzene rings is 3. The normalized spacial score (nSPS) is 14.5. The summed E-state index contributed by atoms with van der Waals surface area (Å²) in [6.07, 6.45) is 8.10. The molecular weight excluding hydrogens is 1890 g/mol. The Balaban J connectivity index is 1.37. The number of hydrogen-bond acceptors (Lipinski definition) is 25. The Bertz CT molecular complexity index is 5240. The summed E-state index contributed by atoms with van der Waals surface area (Å²) in [6, 6.07) is 0.418. The van der Waals surface area contributed by atoms with Gasteiger partial charge in [-0.2, -0.15) is 0 Å². The van der Waals surface area contributed by atoms with E-state index < -0.39 is 198 Å². The number of aliphatic hydroxyl groups is 1. The Morgan fingerprint density at radius 3 is 0.755 bits per heavy atom. The second-order valence-electron chi connectivity index (χ2n) is 38.4. The topological polar surface area (TPSA) is 824 Å². The molecule has 15 amide bonds. The molecule has 0 radical (unpaired) electrons. The van der Waals surface area contributed by atoms with Crippen molar-refractivity contribution in [1.82, 2.24) is 100 Å².